The summed E-state index contributed by atoms with van der Waals surface area (Å²) in [6, 6.07) is 0. The third-order valence-corrected chi connectivity index (χ3v) is 7.25. The van der Waals surface area contributed by atoms with Gasteiger partial charge in [0.05, 0.1) is 13.2 Å². The second kappa shape index (κ2) is 20.3. The summed E-state index contributed by atoms with van der Waals surface area (Å²) in [5, 5.41) is 70.4. The highest BCUT2D eigenvalue weighted by Crippen LogP contribution is 2.30. The number of ether oxygens (including phenoxy) is 4. The van der Waals surface area contributed by atoms with Crippen LogP contribution in [0.1, 0.15) is 71.1 Å². The number of carbonyl (C=O) groups excluding carboxylic acids is 1. The van der Waals surface area contributed by atoms with Gasteiger partial charge >= 0.3 is 5.97 Å². The lowest BCUT2D eigenvalue weighted by atomic mass is 9.97. The van der Waals surface area contributed by atoms with E-state index >= 15 is 0 Å². The number of allylic oxidation sites excluding steroid dienone is 6. The van der Waals surface area contributed by atoms with Gasteiger partial charge < -0.3 is 54.7 Å². The Hall–Kier alpha value is -1.71. The van der Waals surface area contributed by atoms with Gasteiger partial charge in [0.15, 0.2) is 18.7 Å². The van der Waals surface area contributed by atoms with Crippen LogP contribution in [0.3, 0.4) is 0 Å². The van der Waals surface area contributed by atoms with Gasteiger partial charge in [0.2, 0.25) is 0 Å². The first-order valence-electron chi connectivity index (χ1n) is 15.0. The normalized spacial score (nSPS) is 34.1. The van der Waals surface area contributed by atoms with Gasteiger partial charge in [-0.2, -0.15) is 0 Å². The molecule has 2 aliphatic heterocycles. The predicted octanol–water partition coefficient (Wildman–Crippen LogP) is 0.743. The Labute approximate surface area is 247 Å². The van der Waals surface area contributed by atoms with Gasteiger partial charge in [-0.15, -0.1) is 0 Å². The molecule has 0 radical (unpaired) electrons. The number of hydrogen-bond donors (Lipinski definition) is 7. The molecule has 0 amide bonds. The van der Waals surface area contributed by atoms with Crippen LogP contribution in [0.5, 0.6) is 0 Å². The molecule has 12 nitrogen and oxygen atoms in total. The van der Waals surface area contributed by atoms with Crippen LogP contribution in [0.25, 0.3) is 0 Å². The molecule has 0 aliphatic carbocycles. The third kappa shape index (κ3) is 11.8. The average Bonchev–Trinajstić information content (AvgIpc) is 2.98. The SMILES string of the molecule is CC/C=C\C/C=C\C/C=C\CCCCCCCC(=O)O[C@@H]1[C@@H](O)[C@@H](O[C@H]2[C@H](O)[C@@H](O)[C@H](O)O[C@@H]2CO)O[C@H](CO)[C@H]1O. The van der Waals surface area contributed by atoms with E-state index in [0.29, 0.717) is 6.42 Å². The minimum atomic E-state index is -1.78. The van der Waals surface area contributed by atoms with E-state index in [1.807, 2.05) is 0 Å². The maximum absolute atomic E-state index is 12.5. The van der Waals surface area contributed by atoms with Crippen LogP contribution in [0, 0.1) is 0 Å². The Balaban J connectivity index is 1.73. The molecule has 7 N–H and O–H groups in total. The summed E-state index contributed by atoms with van der Waals surface area (Å²) >= 11 is 0. The van der Waals surface area contributed by atoms with Crippen molar-refractivity contribution >= 4 is 5.97 Å². The van der Waals surface area contributed by atoms with Crippen LogP contribution in [-0.4, -0.2) is 116 Å². The fourth-order valence-electron chi connectivity index (χ4n) is 4.79. The Kier molecular flexibility index (Phi) is 17.6. The largest absolute Gasteiger partial charge is 0.456 e. The number of carbonyl (C=O) groups is 1. The second-order valence-electron chi connectivity index (χ2n) is 10.6. The van der Waals surface area contributed by atoms with E-state index in [4.69, 9.17) is 18.9 Å². The molecule has 0 spiro atoms. The van der Waals surface area contributed by atoms with Gasteiger partial charge in [-0.25, -0.2) is 0 Å². The van der Waals surface area contributed by atoms with Crippen molar-refractivity contribution in [3.63, 3.8) is 0 Å². The lowest BCUT2D eigenvalue weighted by molar-refractivity contribution is -0.355. The summed E-state index contributed by atoms with van der Waals surface area (Å²) in [5.74, 6) is -0.649. The zero-order valence-electron chi connectivity index (χ0n) is 24.4. The van der Waals surface area contributed by atoms with Crippen LogP contribution in [-0.2, 0) is 23.7 Å². The van der Waals surface area contributed by atoms with Crippen molar-refractivity contribution in [3.05, 3.63) is 36.5 Å². The van der Waals surface area contributed by atoms with Gasteiger partial charge in [-0.05, 0) is 38.5 Å². The number of unbranched alkanes of at least 4 members (excludes halogenated alkanes) is 5. The molecule has 10 atom stereocenters. The van der Waals surface area contributed by atoms with Crippen LogP contribution >= 0.6 is 0 Å². The second-order valence-corrected chi connectivity index (χ2v) is 10.6. The lowest BCUT2D eigenvalue weighted by Gasteiger charge is -2.45. The summed E-state index contributed by atoms with van der Waals surface area (Å²) in [7, 11) is 0. The Morgan fingerprint density at radius 3 is 1.98 bits per heavy atom. The van der Waals surface area contributed by atoms with E-state index in [-0.39, 0.29) is 6.42 Å². The molecule has 2 saturated heterocycles. The average molecular weight is 603 g/mol. The first kappa shape index (κ1) is 36.5. The van der Waals surface area contributed by atoms with Gasteiger partial charge in [-0.1, -0.05) is 62.6 Å². The van der Waals surface area contributed by atoms with E-state index in [1.54, 1.807) is 0 Å². The summed E-state index contributed by atoms with van der Waals surface area (Å²) in [5.41, 5.74) is 0. The molecule has 2 heterocycles. The fraction of sp³-hybridized carbons (Fsp3) is 0.767. The Bertz CT molecular complexity index is 831. The zero-order valence-corrected chi connectivity index (χ0v) is 24.4. The molecule has 0 aromatic carbocycles. The molecule has 2 rings (SSSR count). The number of hydrogen-bond acceptors (Lipinski definition) is 12. The van der Waals surface area contributed by atoms with Crippen LogP contribution in [0.2, 0.25) is 0 Å². The Morgan fingerprint density at radius 1 is 0.690 bits per heavy atom. The number of esters is 1. The standard InChI is InChI=1S/C30H50O12/c1-2-3-4-5-6-7-8-9-10-11-12-13-14-15-16-17-22(33)41-28-23(34)20(18-31)40-30(26(28)37)42-27-21(19-32)39-29(38)25(36)24(27)35/h3-4,6-7,9-10,20-21,23-32,34-38H,2,5,8,11-19H2,1H3/b4-3-,7-6-,10-9-/t20-,21-,23-,24-,25-,26-,27-,28+,29-,30-/m1/s1. The molecule has 2 fully saturated rings. The minimum absolute atomic E-state index is 0.0671. The van der Waals surface area contributed by atoms with Crippen molar-refractivity contribution in [2.24, 2.45) is 0 Å². The number of rotatable bonds is 18. The fourth-order valence-corrected chi connectivity index (χ4v) is 4.79. The molecule has 0 bridgehead atoms. The third-order valence-electron chi connectivity index (χ3n) is 7.25. The summed E-state index contributed by atoms with van der Waals surface area (Å²) in [6.07, 6.45) is 5.68. The smallest absolute Gasteiger partial charge is 0.306 e. The first-order chi connectivity index (χ1) is 20.2. The molecular formula is C30H50O12. The molecule has 0 unspecified atom stereocenters. The maximum atomic E-state index is 12.5. The van der Waals surface area contributed by atoms with Crippen molar-refractivity contribution in [1.82, 2.24) is 0 Å². The number of aliphatic hydroxyl groups is 7. The molecule has 242 valence electrons. The van der Waals surface area contributed by atoms with E-state index in [0.717, 1.165) is 51.4 Å². The van der Waals surface area contributed by atoms with Gasteiger partial charge in [0.1, 0.15) is 42.7 Å². The van der Waals surface area contributed by atoms with Gasteiger partial charge in [0.25, 0.3) is 0 Å². The highest BCUT2D eigenvalue weighted by molar-refractivity contribution is 5.69. The van der Waals surface area contributed by atoms with Crippen LogP contribution < -0.4 is 0 Å². The van der Waals surface area contributed by atoms with Gasteiger partial charge in [0, 0.05) is 6.42 Å². The molecule has 0 aromatic rings. The molecule has 12 heteroatoms. The number of aliphatic hydroxyl groups excluding tert-OH is 7. The van der Waals surface area contributed by atoms with E-state index in [9.17, 15) is 40.5 Å². The molecule has 0 aromatic heterocycles. The molecule has 42 heavy (non-hydrogen) atoms. The monoisotopic (exact) mass is 602 g/mol. The highest BCUT2D eigenvalue weighted by atomic mass is 16.7. The summed E-state index contributed by atoms with van der Waals surface area (Å²) in [4.78, 5) is 12.5. The lowest BCUT2D eigenvalue weighted by Crippen LogP contribution is -2.65. The van der Waals surface area contributed by atoms with E-state index < -0.39 is 80.6 Å². The van der Waals surface area contributed by atoms with Crippen molar-refractivity contribution in [3.8, 4) is 0 Å². The topological polar surface area (TPSA) is 196 Å². The molecule has 2 aliphatic rings. The van der Waals surface area contributed by atoms with Gasteiger partial charge in [-0.3, -0.25) is 4.79 Å². The summed E-state index contributed by atoms with van der Waals surface area (Å²) in [6.45, 7) is 0.716. The van der Waals surface area contributed by atoms with Crippen molar-refractivity contribution in [2.75, 3.05) is 13.2 Å². The quantitative estimate of drug-likeness (QED) is 0.0662. The van der Waals surface area contributed by atoms with Crippen molar-refractivity contribution in [1.29, 1.82) is 0 Å². The minimum Gasteiger partial charge on any atom is -0.456 e. The maximum Gasteiger partial charge on any atom is 0.306 e. The van der Waals surface area contributed by atoms with E-state index in [2.05, 4.69) is 43.4 Å². The zero-order chi connectivity index (χ0) is 30.9. The Morgan fingerprint density at radius 2 is 1.31 bits per heavy atom. The van der Waals surface area contributed by atoms with Crippen LogP contribution in [0.15, 0.2) is 36.5 Å². The molecule has 0 saturated carbocycles. The highest BCUT2D eigenvalue weighted by Gasteiger charge is 2.51. The predicted molar refractivity (Wildman–Crippen MR) is 152 cm³/mol. The first-order valence-corrected chi connectivity index (χ1v) is 15.0. The van der Waals surface area contributed by atoms with E-state index in [1.165, 1.54) is 0 Å². The molecular weight excluding hydrogens is 552 g/mol. The summed E-state index contributed by atoms with van der Waals surface area (Å²) < 4.78 is 21.3. The van der Waals surface area contributed by atoms with Crippen LogP contribution in [0.4, 0.5) is 0 Å². The van der Waals surface area contributed by atoms with Crippen molar-refractivity contribution < 1.29 is 59.5 Å². The van der Waals surface area contributed by atoms with Crippen molar-refractivity contribution in [2.45, 2.75) is 133 Å².